The number of piperidine rings is 1. The first-order chi connectivity index (χ1) is 5.33. The van der Waals surface area contributed by atoms with E-state index in [0.717, 1.165) is 5.41 Å². The fourth-order valence-electron chi connectivity index (χ4n) is 1.63. The Hall–Kier alpha value is -0.570. The van der Waals surface area contributed by atoms with E-state index in [0.29, 0.717) is 0 Å². The molecule has 2 rings (SSSR count). The van der Waals surface area contributed by atoms with E-state index in [1.165, 1.54) is 38.8 Å². The Morgan fingerprint density at radius 1 is 1.18 bits per heavy atom. The molecule has 1 heterocycles. The van der Waals surface area contributed by atoms with E-state index in [1.54, 1.807) is 0 Å². The summed E-state index contributed by atoms with van der Waals surface area (Å²) in [5.74, 6) is 0. The summed E-state index contributed by atoms with van der Waals surface area (Å²) in [6.45, 7) is 2.31. The van der Waals surface area contributed by atoms with Gasteiger partial charge in [0.25, 0.3) is 6.47 Å². The molecule has 0 aromatic rings. The molecule has 0 radical (unpaired) electrons. The second kappa shape index (κ2) is 3.72. The molecule has 1 spiro atoms. The summed E-state index contributed by atoms with van der Waals surface area (Å²) in [6.07, 6.45) is 5.95. The normalized spacial score (nSPS) is 25.1. The zero-order valence-electron chi connectivity index (χ0n) is 6.68. The van der Waals surface area contributed by atoms with Crippen molar-refractivity contribution in [2.24, 2.45) is 5.41 Å². The Morgan fingerprint density at radius 3 is 1.91 bits per heavy atom. The monoisotopic (exact) mass is 157 g/mol. The van der Waals surface area contributed by atoms with Gasteiger partial charge in [-0.1, -0.05) is 0 Å². The van der Waals surface area contributed by atoms with E-state index < -0.39 is 0 Å². The van der Waals surface area contributed by atoms with Crippen molar-refractivity contribution in [2.45, 2.75) is 25.7 Å². The van der Waals surface area contributed by atoms with Crippen LogP contribution in [0.2, 0.25) is 0 Å². The lowest BCUT2D eigenvalue weighted by molar-refractivity contribution is -0.122. The average molecular weight is 157 g/mol. The fourth-order valence-corrected chi connectivity index (χ4v) is 1.63. The molecule has 0 atom stereocenters. The molecule has 0 aromatic heterocycles. The number of carbonyl (C=O) groups is 1. The van der Waals surface area contributed by atoms with Crippen LogP contribution in [-0.2, 0) is 4.79 Å². The zero-order chi connectivity index (χ0) is 8.16. The van der Waals surface area contributed by atoms with Crippen LogP contribution in [0, 0.1) is 5.41 Å². The SMILES string of the molecule is C1CC2(CCN1)CC2.O=CO. The van der Waals surface area contributed by atoms with Crippen molar-refractivity contribution >= 4 is 6.47 Å². The second-order valence-electron chi connectivity index (χ2n) is 3.36. The van der Waals surface area contributed by atoms with Crippen molar-refractivity contribution in [1.29, 1.82) is 0 Å². The molecule has 1 saturated heterocycles. The summed E-state index contributed by atoms with van der Waals surface area (Å²) in [6, 6.07) is 0. The molecule has 0 aromatic carbocycles. The Bertz CT molecular complexity index is 124. The molecule has 2 aliphatic rings. The molecule has 1 aliphatic heterocycles. The van der Waals surface area contributed by atoms with Crippen LogP contribution in [0.5, 0.6) is 0 Å². The molecule has 2 fully saturated rings. The quantitative estimate of drug-likeness (QED) is 0.512. The predicted octanol–water partition coefficient (Wildman–Crippen LogP) is 0.851. The maximum Gasteiger partial charge on any atom is 0.290 e. The molecule has 0 bridgehead atoms. The molecule has 64 valence electrons. The number of carboxylic acid groups (broad SMARTS) is 1. The van der Waals surface area contributed by atoms with E-state index in [9.17, 15) is 0 Å². The molecule has 11 heavy (non-hydrogen) atoms. The van der Waals surface area contributed by atoms with Crippen LogP contribution in [0.4, 0.5) is 0 Å². The lowest BCUT2D eigenvalue weighted by Crippen LogP contribution is -2.28. The van der Waals surface area contributed by atoms with E-state index in [4.69, 9.17) is 9.90 Å². The van der Waals surface area contributed by atoms with Crippen LogP contribution in [0.1, 0.15) is 25.7 Å². The van der Waals surface area contributed by atoms with Gasteiger partial charge in [-0.25, -0.2) is 0 Å². The molecular weight excluding hydrogens is 142 g/mol. The van der Waals surface area contributed by atoms with Gasteiger partial charge in [-0.2, -0.15) is 0 Å². The van der Waals surface area contributed by atoms with Crippen molar-refractivity contribution in [3.8, 4) is 0 Å². The summed E-state index contributed by atoms with van der Waals surface area (Å²) in [7, 11) is 0. The van der Waals surface area contributed by atoms with Gasteiger partial charge in [0.15, 0.2) is 0 Å². The van der Waals surface area contributed by atoms with Gasteiger partial charge in [-0.3, -0.25) is 4.79 Å². The van der Waals surface area contributed by atoms with Gasteiger partial charge < -0.3 is 10.4 Å². The van der Waals surface area contributed by atoms with E-state index in [-0.39, 0.29) is 6.47 Å². The third-order valence-corrected chi connectivity index (χ3v) is 2.62. The van der Waals surface area contributed by atoms with Gasteiger partial charge in [0.1, 0.15) is 0 Å². The number of nitrogens with one attached hydrogen (secondary N) is 1. The number of rotatable bonds is 0. The minimum atomic E-state index is -0.250. The largest absolute Gasteiger partial charge is 0.483 e. The van der Waals surface area contributed by atoms with Gasteiger partial charge in [0.05, 0.1) is 0 Å². The highest BCUT2D eigenvalue weighted by Crippen LogP contribution is 2.52. The Balaban J connectivity index is 0.000000179. The first kappa shape index (κ1) is 8.53. The molecule has 2 N–H and O–H groups in total. The van der Waals surface area contributed by atoms with E-state index >= 15 is 0 Å². The van der Waals surface area contributed by atoms with Crippen molar-refractivity contribution in [1.82, 2.24) is 5.32 Å². The van der Waals surface area contributed by atoms with Crippen molar-refractivity contribution in [3.05, 3.63) is 0 Å². The highest BCUT2D eigenvalue weighted by molar-refractivity contribution is 5.32. The van der Waals surface area contributed by atoms with E-state index in [1.807, 2.05) is 0 Å². The number of hydrogen-bond acceptors (Lipinski definition) is 2. The summed E-state index contributed by atoms with van der Waals surface area (Å²) >= 11 is 0. The van der Waals surface area contributed by atoms with Gasteiger partial charge >= 0.3 is 0 Å². The fraction of sp³-hybridized carbons (Fsp3) is 0.875. The molecule has 3 heteroatoms. The van der Waals surface area contributed by atoms with Crippen LogP contribution >= 0.6 is 0 Å². The molecule has 0 amide bonds. The van der Waals surface area contributed by atoms with Crippen LogP contribution in [0.25, 0.3) is 0 Å². The minimum absolute atomic E-state index is 0.250. The van der Waals surface area contributed by atoms with Gasteiger partial charge in [0, 0.05) is 0 Å². The van der Waals surface area contributed by atoms with E-state index in [2.05, 4.69) is 5.32 Å². The van der Waals surface area contributed by atoms with Crippen LogP contribution in [0.3, 0.4) is 0 Å². The molecular formula is C8H15NO2. The highest BCUT2D eigenvalue weighted by Gasteiger charge is 2.42. The molecule has 1 saturated carbocycles. The minimum Gasteiger partial charge on any atom is -0.483 e. The molecule has 1 aliphatic carbocycles. The summed E-state index contributed by atoms with van der Waals surface area (Å²) in [5, 5.41) is 10.3. The van der Waals surface area contributed by atoms with Crippen molar-refractivity contribution in [3.63, 3.8) is 0 Å². The summed E-state index contributed by atoms with van der Waals surface area (Å²) in [5.41, 5.74) is 0.866. The first-order valence-corrected chi connectivity index (χ1v) is 4.12. The van der Waals surface area contributed by atoms with Gasteiger partial charge in [0.2, 0.25) is 0 Å². The standard InChI is InChI=1S/C7H13N.CH2O2/c1-2-7(1)3-5-8-6-4-7;2-1-3/h8H,1-6H2;1H,(H,2,3). The lowest BCUT2D eigenvalue weighted by atomic mass is 9.95. The Kier molecular flexibility index (Phi) is 2.88. The van der Waals surface area contributed by atoms with Crippen LogP contribution < -0.4 is 5.32 Å². The average Bonchev–Trinajstić information content (AvgIpc) is 2.73. The summed E-state index contributed by atoms with van der Waals surface area (Å²) < 4.78 is 0. The maximum absolute atomic E-state index is 8.36. The summed E-state index contributed by atoms with van der Waals surface area (Å²) in [4.78, 5) is 8.36. The molecule has 0 unspecified atom stereocenters. The highest BCUT2D eigenvalue weighted by atomic mass is 16.3. The topological polar surface area (TPSA) is 49.3 Å². The van der Waals surface area contributed by atoms with Gasteiger partial charge in [-0.05, 0) is 44.2 Å². The smallest absolute Gasteiger partial charge is 0.290 e. The first-order valence-electron chi connectivity index (χ1n) is 4.12. The second-order valence-corrected chi connectivity index (χ2v) is 3.36. The third kappa shape index (κ3) is 2.50. The molecule has 3 nitrogen and oxygen atoms in total. The number of hydrogen-bond donors (Lipinski definition) is 2. The van der Waals surface area contributed by atoms with Crippen molar-refractivity contribution < 1.29 is 9.90 Å². The maximum atomic E-state index is 8.36. The van der Waals surface area contributed by atoms with Crippen molar-refractivity contribution in [2.75, 3.05) is 13.1 Å². The van der Waals surface area contributed by atoms with Gasteiger partial charge in [-0.15, -0.1) is 0 Å². The Morgan fingerprint density at radius 2 is 1.64 bits per heavy atom. The lowest BCUT2D eigenvalue weighted by Gasteiger charge is -2.20. The van der Waals surface area contributed by atoms with Crippen LogP contribution in [-0.4, -0.2) is 24.7 Å². The van der Waals surface area contributed by atoms with Crippen LogP contribution in [0.15, 0.2) is 0 Å². The third-order valence-electron chi connectivity index (χ3n) is 2.62. The Labute approximate surface area is 66.8 Å². The zero-order valence-corrected chi connectivity index (χ0v) is 6.68. The predicted molar refractivity (Wildman–Crippen MR) is 42.5 cm³/mol.